The molecule has 0 aromatic rings. The van der Waals surface area contributed by atoms with Gasteiger partial charge in [0.2, 0.25) is 0 Å². The van der Waals surface area contributed by atoms with Crippen LogP contribution in [-0.4, -0.2) is 54.9 Å². The number of aliphatic hydroxyl groups excluding tert-OH is 1. The number of hydrogen-bond donors (Lipinski definition) is 2. The molecule has 0 aliphatic heterocycles. The molecule has 1 fully saturated rings. The lowest BCUT2D eigenvalue weighted by molar-refractivity contribution is -0.144. The van der Waals surface area contributed by atoms with Crippen LogP contribution in [0, 0.1) is 0 Å². The van der Waals surface area contributed by atoms with E-state index in [0.29, 0.717) is 6.54 Å². The van der Waals surface area contributed by atoms with Crippen LogP contribution in [0.3, 0.4) is 0 Å². The maximum Gasteiger partial charge on any atom is 0.253 e. The summed E-state index contributed by atoms with van der Waals surface area (Å²) in [6.45, 7) is 0.552. The Morgan fingerprint density at radius 3 is 2.62 bits per heavy atom. The van der Waals surface area contributed by atoms with Gasteiger partial charge in [0.05, 0.1) is 6.61 Å². The SMILES string of the molecule is COC(CN)C(=O)N(CCO)C1CCCC1. The summed E-state index contributed by atoms with van der Waals surface area (Å²) in [5, 5.41) is 9.01. The van der Waals surface area contributed by atoms with Crippen LogP contribution in [0.15, 0.2) is 0 Å². The summed E-state index contributed by atoms with van der Waals surface area (Å²) in [7, 11) is 1.49. The monoisotopic (exact) mass is 230 g/mol. The molecule has 0 aromatic carbocycles. The minimum atomic E-state index is -0.577. The molecule has 1 aliphatic rings. The highest BCUT2D eigenvalue weighted by molar-refractivity contribution is 5.81. The molecular weight excluding hydrogens is 208 g/mol. The van der Waals surface area contributed by atoms with E-state index in [0.717, 1.165) is 25.7 Å². The average molecular weight is 230 g/mol. The Balaban J connectivity index is 2.63. The Kier molecular flexibility index (Phi) is 5.73. The summed E-state index contributed by atoms with van der Waals surface area (Å²) < 4.78 is 5.05. The van der Waals surface area contributed by atoms with E-state index in [-0.39, 0.29) is 25.1 Å². The number of hydrogen-bond acceptors (Lipinski definition) is 4. The summed E-state index contributed by atoms with van der Waals surface area (Å²) >= 11 is 0. The highest BCUT2D eigenvalue weighted by atomic mass is 16.5. The quantitative estimate of drug-likeness (QED) is 0.658. The van der Waals surface area contributed by atoms with Crippen molar-refractivity contribution >= 4 is 5.91 Å². The van der Waals surface area contributed by atoms with Gasteiger partial charge in [-0.3, -0.25) is 4.79 Å². The Labute approximate surface area is 96.6 Å². The van der Waals surface area contributed by atoms with Crippen molar-refractivity contribution in [3.63, 3.8) is 0 Å². The van der Waals surface area contributed by atoms with Crippen LogP contribution < -0.4 is 5.73 Å². The molecule has 1 rings (SSSR count). The van der Waals surface area contributed by atoms with Gasteiger partial charge < -0.3 is 20.5 Å². The van der Waals surface area contributed by atoms with E-state index < -0.39 is 6.10 Å². The Bertz CT molecular complexity index is 213. The summed E-state index contributed by atoms with van der Waals surface area (Å²) in [6.07, 6.45) is 3.77. The maximum atomic E-state index is 12.1. The van der Waals surface area contributed by atoms with Crippen LogP contribution in [0.25, 0.3) is 0 Å². The van der Waals surface area contributed by atoms with Crippen LogP contribution in [0.1, 0.15) is 25.7 Å². The van der Waals surface area contributed by atoms with Crippen molar-refractivity contribution in [3.8, 4) is 0 Å². The second kappa shape index (κ2) is 6.83. The van der Waals surface area contributed by atoms with E-state index in [2.05, 4.69) is 0 Å². The number of ether oxygens (including phenoxy) is 1. The van der Waals surface area contributed by atoms with Gasteiger partial charge in [-0.15, -0.1) is 0 Å². The number of rotatable bonds is 6. The Hall–Kier alpha value is -0.650. The van der Waals surface area contributed by atoms with Crippen molar-refractivity contribution in [2.45, 2.75) is 37.8 Å². The first kappa shape index (κ1) is 13.4. The number of nitrogens with zero attached hydrogens (tertiary/aromatic N) is 1. The van der Waals surface area contributed by atoms with Crippen LogP contribution in [-0.2, 0) is 9.53 Å². The second-order valence-corrected chi connectivity index (χ2v) is 4.15. The topological polar surface area (TPSA) is 75.8 Å². The molecule has 3 N–H and O–H groups in total. The lowest BCUT2D eigenvalue weighted by atomic mass is 10.2. The molecule has 0 bridgehead atoms. The molecule has 1 aliphatic carbocycles. The van der Waals surface area contributed by atoms with Crippen molar-refractivity contribution in [3.05, 3.63) is 0 Å². The number of aliphatic hydroxyl groups is 1. The van der Waals surface area contributed by atoms with Crippen molar-refractivity contribution in [2.24, 2.45) is 5.73 Å². The van der Waals surface area contributed by atoms with E-state index in [9.17, 15) is 4.79 Å². The standard InChI is InChI=1S/C11H22N2O3/c1-16-10(8-12)11(15)13(6-7-14)9-4-2-3-5-9/h9-10,14H,2-8,12H2,1H3. The summed E-state index contributed by atoms with van der Waals surface area (Å²) in [6, 6.07) is 0.254. The molecule has 94 valence electrons. The van der Waals surface area contributed by atoms with Gasteiger partial charge in [0.15, 0.2) is 0 Å². The average Bonchev–Trinajstić information content (AvgIpc) is 2.80. The first-order chi connectivity index (χ1) is 7.74. The summed E-state index contributed by atoms with van der Waals surface area (Å²) in [5.41, 5.74) is 5.48. The van der Waals surface area contributed by atoms with E-state index in [1.165, 1.54) is 7.11 Å². The molecule has 1 unspecified atom stereocenters. The number of methoxy groups -OCH3 is 1. The molecule has 1 amide bonds. The lowest BCUT2D eigenvalue weighted by Crippen LogP contribution is -2.48. The lowest BCUT2D eigenvalue weighted by Gasteiger charge is -2.31. The zero-order valence-electron chi connectivity index (χ0n) is 9.89. The highest BCUT2D eigenvalue weighted by Crippen LogP contribution is 2.24. The highest BCUT2D eigenvalue weighted by Gasteiger charge is 2.30. The van der Waals surface area contributed by atoms with Gasteiger partial charge in [-0.05, 0) is 12.8 Å². The number of carbonyl (C=O) groups excluding carboxylic acids is 1. The zero-order chi connectivity index (χ0) is 12.0. The second-order valence-electron chi connectivity index (χ2n) is 4.15. The third-order valence-corrected chi connectivity index (χ3v) is 3.16. The first-order valence-electron chi connectivity index (χ1n) is 5.88. The van der Waals surface area contributed by atoms with Crippen molar-refractivity contribution < 1.29 is 14.6 Å². The third-order valence-electron chi connectivity index (χ3n) is 3.16. The van der Waals surface area contributed by atoms with Crippen LogP contribution >= 0.6 is 0 Å². The fraction of sp³-hybridized carbons (Fsp3) is 0.909. The minimum absolute atomic E-state index is 0.0107. The smallest absolute Gasteiger partial charge is 0.253 e. The van der Waals surface area contributed by atoms with Crippen LogP contribution in [0.4, 0.5) is 0 Å². The molecule has 1 atom stereocenters. The fourth-order valence-corrected chi connectivity index (χ4v) is 2.28. The van der Waals surface area contributed by atoms with E-state index in [4.69, 9.17) is 15.6 Å². The Morgan fingerprint density at radius 1 is 1.56 bits per heavy atom. The molecule has 0 heterocycles. The van der Waals surface area contributed by atoms with Gasteiger partial charge >= 0.3 is 0 Å². The van der Waals surface area contributed by atoms with Gasteiger partial charge in [-0.2, -0.15) is 0 Å². The van der Waals surface area contributed by atoms with Gasteiger partial charge in [-0.25, -0.2) is 0 Å². The number of nitrogens with two attached hydrogens (primary N) is 1. The van der Waals surface area contributed by atoms with E-state index >= 15 is 0 Å². The molecule has 16 heavy (non-hydrogen) atoms. The fourth-order valence-electron chi connectivity index (χ4n) is 2.28. The third kappa shape index (κ3) is 3.17. The molecule has 0 saturated heterocycles. The first-order valence-corrected chi connectivity index (χ1v) is 5.88. The Morgan fingerprint density at radius 2 is 2.19 bits per heavy atom. The van der Waals surface area contributed by atoms with E-state index in [1.54, 1.807) is 4.90 Å². The predicted octanol–water partition coefficient (Wildman–Crippen LogP) is -0.276. The van der Waals surface area contributed by atoms with Gasteiger partial charge in [-0.1, -0.05) is 12.8 Å². The van der Waals surface area contributed by atoms with E-state index in [1.807, 2.05) is 0 Å². The normalized spacial score (nSPS) is 18.7. The zero-order valence-corrected chi connectivity index (χ0v) is 9.89. The van der Waals surface area contributed by atoms with Gasteiger partial charge in [0, 0.05) is 26.2 Å². The molecule has 1 saturated carbocycles. The maximum absolute atomic E-state index is 12.1. The van der Waals surface area contributed by atoms with Crippen molar-refractivity contribution in [1.82, 2.24) is 4.90 Å². The summed E-state index contributed by atoms with van der Waals surface area (Å²) in [5.74, 6) is -0.0917. The molecule has 5 heteroatoms. The molecule has 0 radical (unpaired) electrons. The molecule has 0 spiro atoms. The number of amides is 1. The van der Waals surface area contributed by atoms with Crippen molar-refractivity contribution in [2.75, 3.05) is 26.8 Å². The van der Waals surface area contributed by atoms with Gasteiger partial charge in [0.25, 0.3) is 5.91 Å². The van der Waals surface area contributed by atoms with Crippen LogP contribution in [0.5, 0.6) is 0 Å². The van der Waals surface area contributed by atoms with Gasteiger partial charge in [0.1, 0.15) is 6.10 Å². The molecule has 0 aromatic heterocycles. The largest absolute Gasteiger partial charge is 0.395 e. The molecular formula is C11H22N2O3. The summed E-state index contributed by atoms with van der Waals surface area (Å²) in [4.78, 5) is 13.8. The van der Waals surface area contributed by atoms with Crippen molar-refractivity contribution in [1.29, 1.82) is 0 Å². The minimum Gasteiger partial charge on any atom is -0.395 e. The molecule has 5 nitrogen and oxygen atoms in total. The predicted molar refractivity (Wildman–Crippen MR) is 60.9 cm³/mol. The van der Waals surface area contributed by atoms with Crippen LogP contribution in [0.2, 0.25) is 0 Å². The number of carbonyl (C=O) groups is 1.